The second-order valence-corrected chi connectivity index (χ2v) is 18.5. The number of nitrogens with one attached hydrogen (secondary N) is 7. The molecule has 0 radical (unpaired) electrons. The zero-order chi connectivity index (χ0) is 52.6. The Hall–Kier alpha value is -6.85. The van der Waals surface area contributed by atoms with Crippen LogP contribution in [0.2, 0.25) is 0 Å². The van der Waals surface area contributed by atoms with Crippen molar-refractivity contribution >= 4 is 65.0 Å². The number of aliphatic hydroxyl groups excluding tert-OH is 1. The number of phenolic OH excluding ortho intramolecular Hbond substituents is 1. The molecule has 14 N–H and O–H groups in total. The fourth-order valence-electron chi connectivity index (χ4n) is 8.29. The van der Waals surface area contributed by atoms with Crippen molar-refractivity contribution < 1.29 is 68.1 Å². The van der Waals surface area contributed by atoms with Crippen molar-refractivity contribution in [3.8, 4) is 5.75 Å². The van der Waals surface area contributed by atoms with Crippen LogP contribution >= 0.6 is 0 Å². The van der Waals surface area contributed by atoms with Gasteiger partial charge in [-0.05, 0) is 49.3 Å². The third kappa shape index (κ3) is 21.4. The van der Waals surface area contributed by atoms with Crippen LogP contribution in [0.25, 0.3) is 0 Å². The summed E-state index contributed by atoms with van der Waals surface area (Å²) < 4.78 is 0. The van der Waals surface area contributed by atoms with Crippen molar-refractivity contribution in [3.63, 3.8) is 0 Å². The number of aliphatic carboxylic acids is 1. The predicted octanol–water partition coefficient (Wildman–Crippen LogP) is -1.87. The van der Waals surface area contributed by atoms with Gasteiger partial charge in [0.25, 0.3) is 0 Å². The summed E-state index contributed by atoms with van der Waals surface area (Å²) in [6, 6.07) is -4.97. The largest absolute Gasteiger partial charge is 0.508 e. The standard InChI is InChI=1S/C47H72N10O14/c1-27(2)11-8-6-4-3-5-7-9-12-29-22-39(62)53-34(24-41(64)65)44(68)54-32(21-28-14-16-30(59)17-15-28)42(66)50-25-40(63)52-31(18-19-37(48)60)47(71)57-20-10-13-36(57)46(70)56-35(26-58)45(69)55-33(23-38(49)61)43(67)51-29/h14-17,27,29,31-36,58-59H,3-13,18-26H2,1-2H3,(H2,48,60)(H2,49,61)(H,50,66)(H,51,67)(H,52,63)(H,53,62)(H,54,68)(H,55,69)(H,56,70)(H,64,65)/t29?,31-,32+,33-,34-,35+,36?/m0/s1. The summed E-state index contributed by atoms with van der Waals surface area (Å²) in [5.41, 5.74) is 11.2. The zero-order valence-corrected chi connectivity index (χ0v) is 40.5. The van der Waals surface area contributed by atoms with Gasteiger partial charge in [0.15, 0.2) is 0 Å². The normalized spacial score (nSPS) is 23.7. The summed E-state index contributed by atoms with van der Waals surface area (Å²) in [5.74, 6) is -10.6. The van der Waals surface area contributed by atoms with E-state index in [2.05, 4.69) is 51.1 Å². The minimum atomic E-state index is -1.79. The summed E-state index contributed by atoms with van der Waals surface area (Å²) in [7, 11) is 0. The van der Waals surface area contributed by atoms with Gasteiger partial charge in [-0.1, -0.05) is 77.3 Å². The Morgan fingerprint density at radius 1 is 0.662 bits per heavy atom. The Balaban J connectivity index is 2.03. The van der Waals surface area contributed by atoms with Crippen LogP contribution < -0.4 is 48.7 Å². The molecule has 3 rings (SSSR count). The van der Waals surface area contributed by atoms with Gasteiger partial charge in [-0.3, -0.25) is 52.7 Å². The lowest BCUT2D eigenvalue weighted by Crippen LogP contribution is -2.59. The van der Waals surface area contributed by atoms with Crippen molar-refractivity contribution in [1.29, 1.82) is 0 Å². The molecule has 2 heterocycles. The van der Waals surface area contributed by atoms with Crippen molar-refractivity contribution in [3.05, 3.63) is 29.8 Å². The molecule has 0 saturated carbocycles. The molecule has 7 atom stereocenters. The topological polar surface area (TPSA) is 388 Å². The molecule has 2 aliphatic rings. The van der Waals surface area contributed by atoms with E-state index < -0.39 is 146 Å². The van der Waals surface area contributed by atoms with Crippen LogP contribution in [0.5, 0.6) is 5.75 Å². The van der Waals surface area contributed by atoms with Crippen molar-refractivity contribution in [1.82, 2.24) is 42.1 Å². The highest BCUT2D eigenvalue weighted by atomic mass is 16.4. The number of hydrogen-bond acceptors (Lipinski definition) is 13. The first-order chi connectivity index (χ1) is 33.7. The molecule has 2 saturated heterocycles. The van der Waals surface area contributed by atoms with Crippen molar-refractivity contribution in [2.45, 2.75) is 165 Å². The Morgan fingerprint density at radius 2 is 1.24 bits per heavy atom. The number of fused-ring (bicyclic) bond motifs is 1. The van der Waals surface area contributed by atoms with Crippen LogP contribution in [-0.4, -0.2) is 147 Å². The molecule has 0 bridgehead atoms. The molecule has 24 heteroatoms. The second kappa shape index (κ2) is 30.0. The molecule has 0 aliphatic carbocycles. The van der Waals surface area contributed by atoms with E-state index >= 15 is 0 Å². The maximum Gasteiger partial charge on any atom is 0.305 e. The Bertz CT molecular complexity index is 2040. The van der Waals surface area contributed by atoms with E-state index in [1.54, 1.807) is 0 Å². The number of phenols is 1. The number of nitrogens with zero attached hydrogens (tertiary/aromatic N) is 1. The van der Waals surface area contributed by atoms with Gasteiger partial charge >= 0.3 is 5.97 Å². The third-order valence-corrected chi connectivity index (χ3v) is 12.1. The van der Waals surface area contributed by atoms with E-state index in [1.807, 2.05) is 0 Å². The molecule has 394 valence electrons. The monoisotopic (exact) mass is 1000 g/mol. The molecule has 2 unspecified atom stereocenters. The SMILES string of the molecule is CC(C)CCCCCCCCCC1CC(=O)N[C@@H](CC(=O)O)C(=O)N[C@H](Cc2ccc(O)cc2)C(=O)NCC(=O)N[C@@H](CCC(N)=O)C(=O)N2CCCC2C(=O)N[C@H](CO)C(=O)N[C@@H](CC(N)=O)C(=O)N1. The van der Waals surface area contributed by atoms with E-state index in [0.717, 1.165) is 43.4 Å². The van der Waals surface area contributed by atoms with E-state index in [-0.39, 0.29) is 44.4 Å². The molecule has 1 aromatic carbocycles. The smallest absolute Gasteiger partial charge is 0.305 e. The molecule has 10 amide bonds. The van der Waals surface area contributed by atoms with E-state index in [4.69, 9.17) is 11.5 Å². The number of aliphatic hydroxyl groups is 1. The van der Waals surface area contributed by atoms with E-state index in [1.165, 1.54) is 24.3 Å². The van der Waals surface area contributed by atoms with Gasteiger partial charge in [0.2, 0.25) is 59.1 Å². The molecular formula is C47H72N10O14. The summed E-state index contributed by atoms with van der Waals surface area (Å²) in [5, 5.41) is 46.8. The number of carbonyl (C=O) groups excluding carboxylic acids is 10. The van der Waals surface area contributed by atoms with Crippen LogP contribution in [0.15, 0.2) is 24.3 Å². The molecule has 2 fully saturated rings. The van der Waals surface area contributed by atoms with Gasteiger partial charge in [0.1, 0.15) is 42.0 Å². The maximum atomic E-state index is 14.0. The van der Waals surface area contributed by atoms with Crippen LogP contribution in [0.3, 0.4) is 0 Å². The van der Waals surface area contributed by atoms with Crippen LogP contribution in [0.4, 0.5) is 0 Å². The quantitative estimate of drug-likeness (QED) is 0.0638. The number of benzene rings is 1. The Morgan fingerprint density at radius 3 is 1.86 bits per heavy atom. The van der Waals surface area contributed by atoms with E-state index in [0.29, 0.717) is 24.3 Å². The maximum absolute atomic E-state index is 14.0. The summed E-state index contributed by atoms with van der Waals surface area (Å²) in [6.07, 6.45) is 4.62. The Labute approximate surface area is 412 Å². The van der Waals surface area contributed by atoms with Crippen LogP contribution in [-0.2, 0) is 59.2 Å². The molecule has 2 aliphatic heterocycles. The average molecular weight is 1000 g/mol. The number of rotatable bonds is 20. The van der Waals surface area contributed by atoms with Gasteiger partial charge < -0.3 is 68.9 Å². The van der Waals surface area contributed by atoms with E-state index in [9.17, 15) is 68.1 Å². The first-order valence-electron chi connectivity index (χ1n) is 24.2. The first-order valence-corrected chi connectivity index (χ1v) is 24.2. The number of carboxylic acid groups (broad SMARTS) is 1. The fraction of sp³-hybridized carbons (Fsp3) is 0.638. The number of amides is 10. The number of carbonyl (C=O) groups is 11. The van der Waals surface area contributed by atoms with Gasteiger partial charge in [-0.15, -0.1) is 0 Å². The van der Waals surface area contributed by atoms with Gasteiger partial charge in [0.05, 0.1) is 26.0 Å². The summed E-state index contributed by atoms with van der Waals surface area (Å²) in [6.45, 7) is 2.52. The third-order valence-electron chi connectivity index (χ3n) is 12.1. The average Bonchev–Trinajstić information content (AvgIpc) is 3.80. The molecule has 0 aromatic heterocycles. The minimum Gasteiger partial charge on any atom is -0.508 e. The molecule has 1 aromatic rings. The summed E-state index contributed by atoms with van der Waals surface area (Å²) >= 11 is 0. The number of primary amides is 2. The second-order valence-electron chi connectivity index (χ2n) is 18.5. The highest BCUT2D eigenvalue weighted by Gasteiger charge is 2.40. The number of hydrogen-bond donors (Lipinski definition) is 12. The van der Waals surface area contributed by atoms with Crippen molar-refractivity contribution in [2.24, 2.45) is 17.4 Å². The first kappa shape index (κ1) is 58.5. The van der Waals surface area contributed by atoms with Gasteiger partial charge in [-0.2, -0.15) is 0 Å². The number of carboxylic acids is 1. The van der Waals surface area contributed by atoms with Crippen molar-refractivity contribution in [2.75, 3.05) is 19.7 Å². The number of nitrogens with two attached hydrogens (primary N) is 2. The summed E-state index contributed by atoms with van der Waals surface area (Å²) in [4.78, 5) is 147. The highest BCUT2D eigenvalue weighted by molar-refractivity contribution is 5.98. The molecule has 0 spiro atoms. The number of unbranched alkanes of at least 4 members (excludes halogenated alkanes) is 6. The zero-order valence-electron chi connectivity index (χ0n) is 40.5. The van der Waals surface area contributed by atoms with Crippen LogP contribution in [0.1, 0.15) is 122 Å². The number of aromatic hydroxyl groups is 1. The highest BCUT2D eigenvalue weighted by Crippen LogP contribution is 2.21. The molecular weight excluding hydrogens is 929 g/mol. The lowest BCUT2D eigenvalue weighted by molar-refractivity contribution is -0.142. The van der Waals surface area contributed by atoms with Gasteiger partial charge in [-0.25, -0.2) is 0 Å². The van der Waals surface area contributed by atoms with Crippen LogP contribution in [0, 0.1) is 5.92 Å². The predicted molar refractivity (Wildman–Crippen MR) is 254 cm³/mol. The van der Waals surface area contributed by atoms with Gasteiger partial charge in [0, 0.05) is 31.8 Å². The lowest BCUT2D eigenvalue weighted by atomic mass is 10.0. The fourth-order valence-corrected chi connectivity index (χ4v) is 8.29. The minimum absolute atomic E-state index is 0.00801. The Kier molecular flexibility index (Phi) is 24.7. The molecule has 24 nitrogen and oxygen atoms in total. The molecule has 71 heavy (non-hydrogen) atoms. The lowest BCUT2D eigenvalue weighted by Gasteiger charge is -2.30.